The molecule has 0 aliphatic carbocycles. The maximum Gasteiger partial charge on any atom is 0.255 e. The van der Waals surface area contributed by atoms with E-state index in [1.165, 1.54) is 45.0 Å². The Bertz CT molecular complexity index is 679. The monoisotopic (exact) mass is 515 g/mol. The van der Waals surface area contributed by atoms with Gasteiger partial charge in [-0.25, -0.2) is 0 Å². The standard InChI is InChI=1S/C21H33N5O2.HI/c1-2-22-21(26-14-9-17(16-26)15-25-12-5-6-13-25)24-11-10-23-20(28)18-7-3-4-8-19(18)27;/h3-4,7-8,17,27H,2,5-6,9-16H2,1H3,(H,22,24)(H,23,28);1H. The molecule has 0 spiro atoms. The van der Waals surface area contributed by atoms with Gasteiger partial charge < -0.3 is 25.5 Å². The van der Waals surface area contributed by atoms with Crippen molar-refractivity contribution in [3.63, 3.8) is 0 Å². The number of aromatic hydroxyl groups is 1. The first-order chi connectivity index (χ1) is 13.7. The lowest BCUT2D eigenvalue weighted by Crippen LogP contribution is -2.41. The van der Waals surface area contributed by atoms with Crippen LogP contribution in [-0.2, 0) is 0 Å². The number of guanidine groups is 1. The van der Waals surface area contributed by atoms with Gasteiger partial charge in [0.15, 0.2) is 5.96 Å². The van der Waals surface area contributed by atoms with Gasteiger partial charge >= 0.3 is 0 Å². The number of hydrogen-bond acceptors (Lipinski definition) is 4. The Morgan fingerprint density at radius 3 is 2.69 bits per heavy atom. The summed E-state index contributed by atoms with van der Waals surface area (Å²) < 4.78 is 0. The molecule has 1 aromatic rings. The van der Waals surface area contributed by atoms with Gasteiger partial charge in [0.25, 0.3) is 5.91 Å². The van der Waals surface area contributed by atoms with Crippen LogP contribution >= 0.6 is 24.0 Å². The van der Waals surface area contributed by atoms with Gasteiger partial charge in [-0.2, -0.15) is 0 Å². The van der Waals surface area contributed by atoms with Gasteiger partial charge in [-0.3, -0.25) is 9.79 Å². The minimum atomic E-state index is -0.273. The number of amides is 1. The summed E-state index contributed by atoms with van der Waals surface area (Å²) in [5.41, 5.74) is 0.294. The van der Waals surface area contributed by atoms with Gasteiger partial charge in [0.05, 0.1) is 12.1 Å². The van der Waals surface area contributed by atoms with Crippen LogP contribution in [0.3, 0.4) is 0 Å². The number of nitrogens with one attached hydrogen (secondary N) is 2. The molecular weight excluding hydrogens is 481 g/mol. The maximum atomic E-state index is 12.1. The Balaban J connectivity index is 0.00000300. The SMILES string of the molecule is CCNC(=NCCNC(=O)c1ccccc1O)N1CCC(CN2CCCC2)C1.I. The summed E-state index contributed by atoms with van der Waals surface area (Å²) in [6.07, 6.45) is 3.89. The number of carbonyl (C=O) groups excluding carboxylic acids is 1. The lowest BCUT2D eigenvalue weighted by Gasteiger charge is -2.23. The number of phenols is 1. The highest BCUT2D eigenvalue weighted by molar-refractivity contribution is 14.0. The van der Waals surface area contributed by atoms with Crippen LogP contribution in [0, 0.1) is 5.92 Å². The van der Waals surface area contributed by atoms with E-state index in [4.69, 9.17) is 4.99 Å². The lowest BCUT2D eigenvalue weighted by molar-refractivity contribution is 0.0952. The predicted octanol–water partition coefficient (Wildman–Crippen LogP) is 2.12. The van der Waals surface area contributed by atoms with Gasteiger partial charge in [0, 0.05) is 32.7 Å². The molecule has 3 rings (SSSR count). The third kappa shape index (κ3) is 7.02. The van der Waals surface area contributed by atoms with E-state index < -0.39 is 0 Å². The number of halogens is 1. The van der Waals surface area contributed by atoms with Crippen LogP contribution in [0.25, 0.3) is 0 Å². The second-order valence-electron chi connectivity index (χ2n) is 7.62. The predicted molar refractivity (Wildman–Crippen MR) is 127 cm³/mol. The molecule has 3 N–H and O–H groups in total. The Labute approximate surface area is 191 Å². The molecule has 1 atom stereocenters. The second kappa shape index (κ2) is 12.2. The fraction of sp³-hybridized carbons (Fsp3) is 0.619. The summed E-state index contributed by atoms with van der Waals surface area (Å²) in [5, 5.41) is 16.0. The van der Waals surface area contributed by atoms with Crippen molar-refractivity contribution in [3.05, 3.63) is 29.8 Å². The van der Waals surface area contributed by atoms with Crippen LogP contribution in [0.4, 0.5) is 0 Å². The highest BCUT2D eigenvalue weighted by Crippen LogP contribution is 2.20. The van der Waals surface area contributed by atoms with E-state index in [-0.39, 0.29) is 35.6 Å². The number of phenolic OH excluding ortho intramolecular Hbond substituents is 1. The first-order valence-electron chi connectivity index (χ1n) is 10.5. The van der Waals surface area contributed by atoms with Crippen molar-refractivity contribution in [2.75, 3.05) is 52.4 Å². The van der Waals surface area contributed by atoms with Crippen molar-refractivity contribution < 1.29 is 9.90 Å². The molecule has 1 unspecified atom stereocenters. The van der Waals surface area contributed by atoms with Gasteiger partial charge in [-0.1, -0.05) is 12.1 Å². The summed E-state index contributed by atoms with van der Waals surface area (Å²) >= 11 is 0. The number of rotatable bonds is 7. The molecule has 1 aromatic carbocycles. The number of likely N-dealkylation sites (tertiary alicyclic amines) is 2. The number of carbonyl (C=O) groups is 1. The van der Waals surface area contributed by atoms with Crippen LogP contribution < -0.4 is 10.6 Å². The fourth-order valence-electron chi connectivity index (χ4n) is 4.02. The molecular formula is C21H34IN5O2. The van der Waals surface area contributed by atoms with E-state index in [1.54, 1.807) is 18.2 Å². The zero-order valence-electron chi connectivity index (χ0n) is 17.3. The van der Waals surface area contributed by atoms with E-state index >= 15 is 0 Å². The first kappa shape index (κ1) is 23.7. The summed E-state index contributed by atoms with van der Waals surface area (Å²) in [4.78, 5) is 21.8. The highest BCUT2D eigenvalue weighted by Gasteiger charge is 2.27. The normalized spacial score (nSPS) is 19.8. The van der Waals surface area contributed by atoms with E-state index in [2.05, 4.69) is 27.4 Å². The van der Waals surface area contributed by atoms with Crippen molar-refractivity contribution >= 4 is 35.8 Å². The molecule has 2 heterocycles. The van der Waals surface area contributed by atoms with Gasteiger partial charge in [0.2, 0.25) is 0 Å². The molecule has 2 aliphatic rings. The van der Waals surface area contributed by atoms with Crippen molar-refractivity contribution in [2.24, 2.45) is 10.9 Å². The average molecular weight is 515 g/mol. The average Bonchev–Trinajstić information content (AvgIpc) is 3.37. The fourth-order valence-corrected chi connectivity index (χ4v) is 4.02. The molecule has 8 heteroatoms. The maximum absolute atomic E-state index is 12.1. The number of hydrogen-bond donors (Lipinski definition) is 3. The highest BCUT2D eigenvalue weighted by atomic mass is 127. The van der Waals surface area contributed by atoms with Crippen molar-refractivity contribution in [1.82, 2.24) is 20.4 Å². The third-order valence-electron chi connectivity index (χ3n) is 5.44. The molecule has 0 aromatic heterocycles. The molecule has 0 bridgehead atoms. The third-order valence-corrected chi connectivity index (χ3v) is 5.44. The topological polar surface area (TPSA) is 80.2 Å². The minimum absolute atomic E-state index is 0. The Kier molecular flexibility index (Phi) is 9.99. The second-order valence-corrected chi connectivity index (χ2v) is 7.62. The quantitative estimate of drug-likeness (QED) is 0.225. The van der Waals surface area contributed by atoms with Crippen LogP contribution in [-0.4, -0.2) is 79.1 Å². The molecule has 0 radical (unpaired) electrons. The Morgan fingerprint density at radius 2 is 1.97 bits per heavy atom. The van der Waals surface area contributed by atoms with E-state index in [9.17, 15) is 9.90 Å². The van der Waals surface area contributed by atoms with Crippen molar-refractivity contribution in [1.29, 1.82) is 0 Å². The molecule has 0 saturated carbocycles. The zero-order chi connectivity index (χ0) is 19.8. The molecule has 7 nitrogen and oxygen atoms in total. The van der Waals surface area contributed by atoms with Crippen molar-refractivity contribution in [3.8, 4) is 5.75 Å². The largest absolute Gasteiger partial charge is 0.507 e. The van der Waals surface area contributed by atoms with Crippen LogP contribution in [0.5, 0.6) is 5.75 Å². The Hall–Kier alpha value is -1.55. The minimum Gasteiger partial charge on any atom is -0.507 e. The first-order valence-corrected chi connectivity index (χ1v) is 10.5. The number of para-hydroxylation sites is 1. The molecule has 1 amide bonds. The van der Waals surface area contributed by atoms with Crippen LogP contribution in [0.15, 0.2) is 29.3 Å². The van der Waals surface area contributed by atoms with E-state index in [0.717, 1.165) is 25.6 Å². The molecule has 162 valence electrons. The van der Waals surface area contributed by atoms with Gasteiger partial charge in [0.1, 0.15) is 5.75 Å². The number of benzene rings is 1. The van der Waals surface area contributed by atoms with Gasteiger partial charge in [-0.05, 0) is 57.3 Å². The van der Waals surface area contributed by atoms with Crippen molar-refractivity contribution in [2.45, 2.75) is 26.2 Å². The Morgan fingerprint density at radius 1 is 1.21 bits per heavy atom. The lowest BCUT2D eigenvalue weighted by atomic mass is 10.1. The summed E-state index contributed by atoms with van der Waals surface area (Å²) in [7, 11) is 0. The summed E-state index contributed by atoms with van der Waals surface area (Å²) in [6.45, 7) is 9.64. The molecule has 2 aliphatic heterocycles. The van der Waals surface area contributed by atoms with Crippen LogP contribution in [0.2, 0.25) is 0 Å². The molecule has 2 fully saturated rings. The summed E-state index contributed by atoms with van der Waals surface area (Å²) in [6, 6.07) is 6.57. The number of aliphatic imine (C=N–C) groups is 1. The smallest absolute Gasteiger partial charge is 0.255 e. The number of nitrogens with zero attached hydrogens (tertiary/aromatic N) is 3. The molecule has 29 heavy (non-hydrogen) atoms. The van der Waals surface area contributed by atoms with E-state index in [0.29, 0.717) is 24.6 Å². The summed E-state index contributed by atoms with van der Waals surface area (Å²) in [5.74, 6) is 1.37. The van der Waals surface area contributed by atoms with Crippen LogP contribution in [0.1, 0.15) is 36.5 Å². The van der Waals surface area contributed by atoms with Gasteiger partial charge in [-0.15, -0.1) is 24.0 Å². The zero-order valence-corrected chi connectivity index (χ0v) is 19.6. The molecule has 2 saturated heterocycles. The van der Waals surface area contributed by atoms with E-state index in [1.807, 2.05) is 0 Å².